The monoisotopic (exact) mass is 475 g/mol. The molecule has 8 nitrogen and oxygen atoms in total. The van der Waals surface area contributed by atoms with Crippen molar-refractivity contribution in [3.63, 3.8) is 0 Å². The lowest BCUT2D eigenvalue weighted by molar-refractivity contribution is -0.384. The third-order valence-corrected chi connectivity index (χ3v) is 5.93. The number of hydrazone groups is 1. The maximum absolute atomic E-state index is 12.5. The van der Waals surface area contributed by atoms with Crippen LogP contribution in [0.5, 0.6) is 11.5 Å². The van der Waals surface area contributed by atoms with Gasteiger partial charge in [0.2, 0.25) is 0 Å². The standard InChI is InChI=1S/C25H21N3O5S/c1-2-32-22-12-18(8-10-21(22)33-16-17-6-4-3-5-7-17)15-26-27-25(29)24-14-19-13-20(28(30)31)9-11-23(19)34-24/h3-15H,2,16H2,1H3,(H,27,29)/b26-15-. The van der Waals surface area contributed by atoms with Crippen LogP contribution in [0, 0.1) is 10.1 Å². The first-order valence-corrected chi connectivity index (χ1v) is 11.3. The Kier molecular flexibility index (Phi) is 7.14. The van der Waals surface area contributed by atoms with Crippen LogP contribution in [0.15, 0.2) is 77.9 Å². The van der Waals surface area contributed by atoms with Gasteiger partial charge in [-0.1, -0.05) is 30.3 Å². The Morgan fingerprint density at radius 1 is 1.06 bits per heavy atom. The van der Waals surface area contributed by atoms with Gasteiger partial charge in [0.25, 0.3) is 11.6 Å². The zero-order chi connectivity index (χ0) is 23.9. The van der Waals surface area contributed by atoms with Gasteiger partial charge in [-0.2, -0.15) is 5.10 Å². The van der Waals surface area contributed by atoms with Gasteiger partial charge in [0.1, 0.15) is 6.61 Å². The van der Waals surface area contributed by atoms with Crippen molar-refractivity contribution in [2.75, 3.05) is 6.61 Å². The maximum Gasteiger partial charge on any atom is 0.281 e. The van der Waals surface area contributed by atoms with Crippen molar-refractivity contribution >= 4 is 39.2 Å². The minimum atomic E-state index is -0.463. The number of carbonyl (C=O) groups is 1. The van der Waals surface area contributed by atoms with Crippen LogP contribution in [-0.2, 0) is 6.61 Å². The predicted octanol–water partition coefficient (Wildman–Crippen LogP) is 5.55. The van der Waals surface area contributed by atoms with Crippen molar-refractivity contribution in [1.29, 1.82) is 0 Å². The molecule has 1 amide bonds. The zero-order valence-corrected chi connectivity index (χ0v) is 19.1. The van der Waals surface area contributed by atoms with Gasteiger partial charge in [-0.25, -0.2) is 5.43 Å². The van der Waals surface area contributed by atoms with E-state index in [0.717, 1.165) is 15.8 Å². The molecule has 3 aromatic carbocycles. The van der Waals surface area contributed by atoms with E-state index in [4.69, 9.17) is 9.47 Å². The Morgan fingerprint density at radius 3 is 2.65 bits per heavy atom. The molecule has 4 aromatic rings. The molecule has 0 bridgehead atoms. The fourth-order valence-corrected chi connectivity index (χ4v) is 4.14. The first-order chi connectivity index (χ1) is 16.5. The van der Waals surface area contributed by atoms with Crippen LogP contribution < -0.4 is 14.9 Å². The van der Waals surface area contributed by atoms with Gasteiger partial charge in [0.15, 0.2) is 11.5 Å². The van der Waals surface area contributed by atoms with E-state index in [1.807, 2.05) is 43.3 Å². The van der Waals surface area contributed by atoms with Crippen LogP contribution in [0.25, 0.3) is 10.1 Å². The summed E-state index contributed by atoms with van der Waals surface area (Å²) in [5.74, 6) is 0.805. The summed E-state index contributed by atoms with van der Waals surface area (Å²) >= 11 is 1.24. The van der Waals surface area contributed by atoms with E-state index in [2.05, 4.69) is 10.5 Å². The first kappa shape index (κ1) is 22.9. The highest BCUT2D eigenvalue weighted by atomic mass is 32.1. The number of fused-ring (bicyclic) bond motifs is 1. The van der Waals surface area contributed by atoms with Crippen molar-refractivity contribution in [3.05, 3.63) is 98.9 Å². The molecule has 1 heterocycles. The molecule has 0 fully saturated rings. The summed E-state index contributed by atoms with van der Waals surface area (Å²) < 4.78 is 12.4. The molecule has 1 aromatic heterocycles. The van der Waals surface area contributed by atoms with Crippen molar-refractivity contribution in [3.8, 4) is 11.5 Å². The van der Waals surface area contributed by atoms with E-state index in [-0.39, 0.29) is 5.69 Å². The molecule has 9 heteroatoms. The molecule has 0 aliphatic carbocycles. The van der Waals surface area contributed by atoms with Gasteiger partial charge < -0.3 is 9.47 Å². The van der Waals surface area contributed by atoms with Gasteiger partial charge in [-0.05, 0) is 48.4 Å². The molecule has 0 saturated heterocycles. The second-order valence-electron chi connectivity index (χ2n) is 7.20. The molecule has 0 unspecified atom stereocenters. The molecule has 0 aliphatic rings. The number of hydrogen-bond donors (Lipinski definition) is 1. The smallest absolute Gasteiger partial charge is 0.281 e. The Balaban J connectivity index is 1.42. The highest BCUT2D eigenvalue weighted by Crippen LogP contribution is 2.30. The second kappa shape index (κ2) is 10.6. The normalized spacial score (nSPS) is 11.0. The van der Waals surface area contributed by atoms with E-state index in [0.29, 0.717) is 35.0 Å². The van der Waals surface area contributed by atoms with E-state index >= 15 is 0 Å². The molecule has 0 radical (unpaired) electrons. The van der Waals surface area contributed by atoms with Crippen molar-refractivity contribution in [2.45, 2.75) is 13.5 Å². The molecule has 0 aliphatic heterocycles. The summed E-state index contributed by atoms with van der Waals surface area (Å²) in [7, 11) is 0. The van der Waals surface area contributed by atoms with Crippen LogP contribution in [-0.4, -0.2) is 23.7 Å². The number of nitrogens with zero attached hydrogens (tertiary/aromatic N) is 2. The fraction of sp³-hybridized carbons (Fsp3) is 0.120. The third kappa shape index (κ3) is 5.57. The SMILES string of the molecule is CCOc1cc(/C=N\NC(=O)c2cc3cc([N+](=O)[O-])ccc3s2)ccc1OCc1ccccc1. The zero-order valence-electron chi connectivity index (χ0n) is 18.3. The molecule has 4 rings (SSSR count). The highest BCUT2D eigenvalue weighted by Gasteiger charge is 2.13. The Morgan fingerprint density at radius 2 is 1.88 bits per heavy atom. The van der Waals surface area contributed by atoms with Crippen LogP contribution >= 0.6 is 11.3 Å². The van der Waals surface area contributed by atoms with Crippen molar-refractivity contribution in [1.82, 2.24) is 5.43 Å². The summed E-state index contributed by atoms with van der Waals surface area (Å²) in [6.45, 7) is 2.79. The lowest BCUT2D eigenvalue weighted by Crippen LogP contribution is -2.16. The van der Waals surface area contributed by atoms with Crippen LogP contribution in [0.3, 0.4) is 0 Å². The van der Waals surface area contributed by atoms with Crippen LogP contribution in [0.4, 0.5) is 5.69 Å². The van der Waals surface area contributed by atoms with E-state index in [1.165, 1.54) is 29.7 Å². The minimum Gasteiger partial charge on any atom is -0.490 e. The van der Waals surface area contributed by atoms with Crippen LogP contribution in [0.1, 0.15) is 27.7 Å². The number of nitro groups is 1. The summed E-state index contributed by atoms with van der Waals surface area (Å²) in [5, 5.41) is 15.6. The Labute approximate surface area is 199 Å². The molecule has 0 saturated carbocycles. The molecule has 0 atom stereocenters. The average Bonchev–Trinajstić information content (AvgIpc) is 3.28. The van der Waals surface area contributed by atoms with E-state index < -0.39 is 10.8 Å². The molecular weight excluding hydrogens is 454 g/mol. The quantitative estimate of drug-likeness (QED) is 0.194. The van der Waals surface area contributed by atoms with Crippen molar-refractivity contribution in [2.24, 2.45) is 5.10 Å². The van der Waals surface area contributed by atoms with Crippen LogP contribution in [0.2, 0.25) is 0 Å². The number of nitro benzene ring substituents is 1. The first-order valence-electron chi connectivity index (χ1n) is 10.5. The summed E-state index contributed by atoms with van der Waals surface area (Å²) in [5.41, 5.74) is 4.25. The topological polar surface area (TPSA) is 103 Å². The second-order valence-corrected chi connectivity index (χ2v) is 8.29. The van der Waals surface area contributed by atoms with Gasteiger partial charge in [-0.15, -0.1) is 11.3 Å². The maximum atomic E-state index is 12.5. The number of carbonyl (C=O) groups excluding carboxylic acids is 1. The number of hydrogen-bond acceptors (Lipinski definition) is 7. The number of benzene rings is 3. The molecule has 34 heavy (non-hydrogen) atoms. The molecule has 0 spiro atoms. The van der Waals surface area contributed by atoms with Gasteiger partial charge in [0, 0.05) is 22.2 Å². The number of nitrogens with one attached hydrogen (secondary N) is 1. The third-order valence-electron chi connectivity index (χ3n) is 4.82. The number of non-ortho nitro benzene ring substituents is 1. The molecule has 172 valence electrons. The highest BCUT2D eigenvalue weighted by molar-refractivity contribution is 7.20. The van der Waals surface area contributed by atoms with Gasteiger partial charge in [0.05, 0.1) is 22.6 Å². The number of ether oxygens (including phenoxy) is 2. The average molecular weight is 476 g/mol. The van der Waals surface area contributed by atoms with Crippen molar-refractivity contribution < 1.29 is 19.2 Å². The van der Waals surface area contributed by atoms with Gasteiger partial charge in [-0.3, -0.25) is 14.9 Å². The van der Waals surface area contributed by atoms with E-state index in [1.54, 1.807) is 24.3 Å². The largest absolute Gasteiger partial charge is 0.490 e. The van der Waals surface area contributed by atoms with E-state index in [9.17, 15) is 14.9 Å². The Hall–Kier alpha value is -4.24. The molecule has 1 N–H and O–H groups in total. The lowest BCUT2D eigenvalue weighted by atomic mass is 10.2. The lowest BCUT2D eigenvalue weighted by Gasteiger charge is -2.12. The Bertz CT molecular complexity index is 1350. The minimum absolute atomic E-state index is 0.0171. The van der Waals surface area contributed by atoms with Gasteiger partial charge >= 0.3 is 0 Å². The summed E-state index contributed by atoms with van der Waals surface area (Å²) in [4.78, 5) is 23.4. The number of rotatable bonds is 9. The summed E-state index contributed by atoms with van der Waals surface area (Å²) in [6, 6.07) is 21.4. The molecular formula is C25H21N3O5S. The number of amides is 1. The summed E-state index contributed by atoms with van der Waals surface area (Å²) in [6.07, 6.45) is 1.51. The number of thiophene rings is 1. The fourth-order valence-electron chi connectivity index (χ4n) is 3.20. The predicted molar refractivity (Wildman–Crippen MR) is 132 cm³/mol.